The lowest BCUT2D eigenvalue weighted by molar-refractivity contribution is -0.137. The van der Waals surface area contributed by atoms with Crippen LogP contribution in [0.5, 0.6) is 0 Å². The molecule has 2 amide bonds. The molecule has 4 nitrogen and oxygen atoms in total. The molecule has 1 aliphatic rings. The van der Waals surface area contributed by atoms with Crippen molar-refractivity contribution in [1.82, 2.24) is 0 Å². The van der Waals surface area contributed by atoms with E-state index in [1.54, 1.807) is 18.7 Å². The van der Waals surface area contributed by atoms with E-state index in [4.69, 9.17) is 0 Å². The molecule has 0 aliphatic carbocycles. The van der Waals surface area contributed by atoms with E-state index < -0.39 is 29.0 Å². The first-order chi connectivity index (χ1) is 13.4. The zero-order valence-corrected chi connectivity index (χ0v) is 16.7. The average molecular weight is 404 g/mol. The summed E-state index contributed by atoms with van der Waals surface area (Å²) in [4.78, 5) is 27.5. The van der Waals surface area contributed by atoms with Crippen LogP contribution in [0.25, 0.3) is 0 Å². The summed E-state index contributed by atoms with van der Waals surface area (Å²) in [6.07, 6.45) is -4.51. The molecule has 0 aromatic heterocycles. The lowest BCUT2D eigenvalue weighted by atomic mass is 9.80. The van der Waals surface area contributed by atoms with Gasteiger partial charge in [0.05, 0.1) is 16.9 Å². The number of carbonyl (C=O) groups excluding carboxylic acids is 2. The molecule has 7 heteroatoms. The zero-order chi connectivity index (χ0) is 21.6. The molecule has 2 unspecified atom stereocenters. The Labute approximate surface area is 167 Å². The van der Waals surface area contributed by atoms with Gasteiger partial charge in [-0.1, -0.05) is 25.1 Å². The third-order valence-electron chi connectivity index (χ3n) is 5.67. The van der Waals surface area contributed by atoms with E-state index in [1.165, 1.54) is 13.0 Å². The van der Waals surface area contributed by atoms with Crippen molar-refractivity contribution in [3.8, 4) is 0 Å². The second-order valence-corrected chi connectivity index (χ2v) is 7.89. The molecule has 2 atom stereocenters. The van der Waals surface area contributed by atoms with E-state index in [0.29, 0.717) is 5.56 Å². The Kier molecular flexibility index (Phi) is 5.19. The maximum Gasteiger partial charge on any atom is 0.416 e. The molecule has 2 aromatic rings. The van der Waals surface area contributed by atoms with Crippen LogP contribution in [0.2, 0.25) is 0 Å². The number of rotatable bonds is 3. The lowest BCUT2D eigenvalue weighted by Crippen LogP contribution is -2.39. The third kappa shape index (κ3) is 3.86. The van der Waals surface area contributed by atoms with Gasteiger partial charge in [-0.25, -0.2) is 0 Å². The fourth-order valence-corrected chi connectivity index (χ4v) is 3.68. The lowest BCUT2D eigenvalue weighted by Gasteiger charge is -2.26. The summed E-state index contributed by atoms with van der Waals surface area (Å²) < 4.78 is 39.3. The van der Waals surface area contributed by atoms with Crippen LogP contribution in [0, 0.1) is 25.2 Å². The van der Waals surface area contributed by atoms with E-state index in [2.05, 4.69) is 5.32 Å². The highest BCUT2D eigenvalue weighted by Gasteiger charge is 2.52. The smallest absolute Gasteiger partial charge is 0.326 e. The van der Waals surface area contributed by atoms with Crippen LogP contribution < -0.4 is 10.2 Å². The standard InChI is InChI=1S/C22H23F3N2O2/c1-13-9-16(22(23,24)25)11-17(10-13)26-20(29)21(4)12-27(19(28)15(21)3)18-8-6-5-7-14(18)2/h5-11,15H,12H2,1-4H3,(H,26,29). The van der Waals surface area contributed by atoms with Crippen LogP contribution >= 0.6 is 0 Å². The number of alkyl halides is 3. The minimum atomic E-state index is -4.51. The zero-order valence-electron chi connectivity index (χ0n) is 16.7. The van der Waals surface area contributed by atoms with Crippen molar-refractivity contribution in [2.24, 2.45) is 11.3 Å². The fraction of sp³-hybridized carbons (Fsp3) is 0.364. The number of nitrogens with zero attached hydrogens (tertiary/aromatic N) is 1. The number of aryl methyl sites for hydroxylation is 2. The van der Waals surface area contributed by atoms with Crippen molar-refractivity contribution in [2.75, 3.05) is 16.8 Å². The second-order valence-electron chi connectivity index (χ2n) is 7.89. The van der Waals surface area contributed by atoms with Gasteiger partial charge >= 0.3 is 6.18 Å². The van der Waals surface area contributed by atoms with Gasteiger partial charge in [-0.3, -0.25) is 9.59 Å². The Balaban J connectivity index is 1.88. The SMILES string of the molecule is Cc1cc(NC(=O)C2(C)CN(c3ccccc3C)C(=O)C2C)cc(C(F)(F)F)c1. The molecule has 2 aromatic carbocycles. The summed E-state index contributed by atoms with van der Waals surface area (Å²) in [5.41, 5.74) is 0.188. The van der Waals surface area contributed by atoms with E-state index >= 15 is 0 Å². The van der Waals surface area contributed by atoms with Crippen LogP contribution in [-0.4, -0.2) is 18.4 Å². The molecule has 1 N–H and O–H groups in total. The average Bonchev–Trinajstić information content (AvgIpc) is 2.86. The van der Waals surface area contributed by atoms with Gasteiger partial charge < -0.3 is 10.2 Å². The molecule has 3 rings (SSSR count). The van der Waals surface area contributed by atoms with Crippen LogP contribution in [0.3, 0.4) is 0 Å². The molecular formula is C22H23F3N2O2. The highest BCUT2D eigenvalue weighted by Crippen LogP contribution is 2.41. The number of hydrogen-bond donors (Lipinski definition) is 1. The van der Waals surface area contributed by atoms with E-state index in [9.17, 15) is 22.8 Å². The predicted octanol–water partition coefficient (Wildman–Crippen LogP) is 4.95. The van der Waals surface area contributed by atoms with E-state index in [1.807, 2.05) is 31.2 Å². The first-order valence-electron chi connectivity index (χ1n) is 9.31. The largest absolute Gasteiger partial charge is 0.416 e. The maximum absolute atomic E-state index is 13.1. The fourth-order valence-electron chi connectivity index (χ4n) is 3.68. The highest BCUT2D eigenvalue weighted by molar-refractivity contribution is 6.07. The van der Waals surface area contributed by atoms with Gasteiger partial charge in [-0.15, -0.1) is 0 Å². The summed E-state index contributed by atoms with van der Waals surface area (Å²) >= 11 is 0. The van der Waals surface area contributed by atoms with Gasteiger partial charge in [-0.2, -0.15) is 13.2 Å². The van der Waals surface area contributed by atoms with Crippen LogP contribution in [0.1, 0.15) is 30.5 Å². The van der Waals surface area contributed by atoms with Gasteiger partial charge in [0.2, 0.25) is 11.8 Å². The highest BCUT2D eigenvalue weighted by atomic mass is 19.4. The number of amides is 2. The van der Waals surface area contributed by atoms with Crippen molar-refractivity contribution in [3.05, 3.63) is 59.2 Å². The number of nitrogens with one attached hydrogen (secondary N) is 1. The van der Waals surface area contributed by atoms with Crippen molar-refractivity contribution < 1.29 is 22.8 Å². The molecule has 1 heterocycles. The van der Waals surface area contributed by atoms with Gasteiger partial charge in [-0.05, 0) is 56.2 Å². The summed E-state index contributed by atoms with van der Waals surface area (Å²) in [5, 5.41) is 2.60. The van der Waals surface area contributed by atoms with Gasteiger partial charge in [0.1, 0.15) is 0 Å². The van der Waals surface area contributed by atoms with Crippen molar-refractivity contribution in [2.45, 2.75) is 33.9 Å². The van der Waals surface area contributed by atoms with Crippen molar-refractivity contribution in [3.63, 3.8) is 0 Å². The Bertz CT molecular complexity index is 971. The van der Waals surface area contributed by atoms with Crippen molar-refractivity contribution >= 4 is 23.2 Å². The second kappa shape index (κ2) is 7.21. The molecule has 0 radical (unpaired) electrons. The van der Waals surface area contributed by atoms with Crippen LogP contribution in [-0.2, 0) is 15.8 Å². The number of halogens is 3. The number of benzene rings is 2. The first-order valence-corrected chi connectivity index (χ1v) is 9.31. The van der Waals surface area contributed by atoms with Crippen LogP contribution in [0.4, 0.5) is 24.5 Å². The van der Waals surface area contributed by atoms with E-state index in [0.717, 1.165) is 23.4 Å². The Morgan fingerprint density at radius 1 is 1.17 bits per heavy atom. The normalized spacial score (nSPS) is 22.1. The summed E-state index contributed by atoms with van der Waals surface area (Å²) in [6, 6.07) is 10.8. The summed E-state index contributed by atoms with van der Waals surface area (Å²) in [5.74, 6) is -1.28. The number of para-hydroxylation sites is 1. The van der Waals surface area contributed by atoms with Gasteiger partial charge in [0, 0.05) is 17.9 Å². The van der Waals surface area contributed by atoms with E-state index in [-0.39, 0.29) is 18.1 Å². The first kappa shape index (κ1) is 20.9. The Morgan fingerprint density at radius 2 is 1.83 bits per heavy atom. The number of carbonyl (C=O) groups is 2. The third-order valence-corrected chi connectivity index (χ3v) is 5.67. The quantitative estimate of drug-likeness (QED) is 0.787. The minimum absolute atomic E-state index is 0.0672. The molecule has 154 valence electrons. The topological polar surface area (TPSA) is 49.4 Å². The van der Waals surface area contributed by atoms with Crippen molar-refractivity contribution in [1.29, 1.82) is 0 Å². The minimum Gasteiger partial charge on any atom is -0.326 e. The molecule has 1 aliphatic heterocycles. The molecule has 1 fully saturated rings. The predicted molar refractivity (Wildman–Crippen MR) is 106 cm³/mol. The van der Waals surface area contributed by atoms with Gasteiger partial charge in [0.25, 0.3) is 0 Å². The number of hydrogen-bond acceptors (Lipinski definition) is 2. The molecule has 1 saturated heterocycles. The maximum atomic E-state index is 13.1. The Morgan fingerprint density at radius 3 is 2.45 bits per heavy atom. The molecule has 0 spiro atoms. The molecule has 0 bridgehead atoms. The molecular weight excluding hydrogens is 381 g/mol. The van der Waals surface area contributed by atoms with Crippen LogP contribution in [0.15, 0.2) is 42.5 Å². The monoisotopic (exact) mass is 404 g/mol. The number of anilines is 2. The summed E-state index contributed by atoms with van der Waals surface area (Å²) in [7, 11) is 0. The molecule has 29 heavy (non-hydrogen) atoms. The summed E-state index contributed by atoms with van der Waals surface area (Å²) in [6.45, 7) is 6.92. The Hall–Kier alpha value is -2.83. The van der Waals surface area contributed by atoms with Gasteiger partial charge in [0.15, 0.2) is 0 Å². The molecule has 0 saturated carbocycles.